The molecule has 1 aromatic carbocycles. The molecule has 0 bridgehead atoms. The number of carbonyl (C=O) groups excluding carboxylic acids is 1. The van der Waals surface area contributed by atoms with Crippen molar-refractivity contribution in [1.29, 1.82) is 0 Å². The van der Waals surface area contributed by atoms with Crippen LogP contribution in [0, 0.1) is 0 Å². The molecule has 0 aromatic heterocycles. The van der Waals surface area contributed by atoms with Crippen LogP contribution in [0.1, 0.15) is 30.6 Å². The van der Waals surface area contributed by atoms with Gasteiger partial charge in [-0.25, -0.2) is 8.42 Å². The van der Waals surface area contributed by atoms with Crippen LogP contribution in [-0.4, -0.2) is 31.3 Å². The summed E-state index contributed by atoms with van der Waals surface area (Å²) < 4.78 is 26.1. The number of hydrogen-bond acceptors (Lipinski definition) is 4. The Balaban J connectivity index is 3.10. The van der Waals surface area contributed by atoms with Crippen LogP contribution in [0.4, 0.5) is 0 Å². The highest BCUT2D eigenvalue weighted by molar-refractivity contribution is 7.89. The van der Waals surface area contributed by atoms with Crippen molar-refractivity contribution in [3.63, 3.8) is 0 Å². The molecule has 2 N–H and O–H groups in total. The molecule has 0 aliphatic carbocycles. The van der Waals surface area contributed by atoms with Crippen LogP contribution in [0.3, 0.4) is 0 Å². The Hall–Kier alpha value is -1.73. The first-order chi connectivity index (χ1) is 8.77. The number of rotatable bonds is 6. The van der Waals surface area contributed by atoms with Gasteiger partial charge in [-0.2, -0.15) is 4.72 Å². The van der Waals surface area contributed by atoms with Crippen LogP contribution in [0.2, 0.25) is 0 Å². The summed E-state index contributed by atoms with van der Waals surface area (Å²) >= 11 is 0. The number of nitrogens with one attached hydrogen (secondary N) is 1. The summed E-state index contributed by atoms with van der Waals surface area (Å²) in [5.74, 6) is -1.50. The van der Waals surface area contributed by atoms with E-state index in [1.54, 1.807) is 6.92 Å². The first-order valence-electron chi connectivity index (χ1n) is 5.64. The molecule has 104 valence electrons. The van der Waals surface area contributed by atoms with Crippen molar-refractivity contribution in [1.82, 2.24) is 4.72 Å². The molecule has 6 nitrogen and oxygen atoms in total. The summed E-state index contributed by atoms with van der Waals surface area (Å²) in [6.07, 6.45) is 0.126. The van der Waals surface area contributed by atoms with E-state index in [1.807, 2.05) is 0 Å². The van der Waals surface area contributed by atoms with E-state index >= 15 is 0 Å². The Bertz CT molecular complexity index is 594. The van der Waals surface area contributed by atoms with Gasteiger partial charge in [-0.05, 0) is 25.5 Å². The van der Waals surface area contributed by atoms with E-state index in [0.717, 1.165) is 0 Å². The van der Waals surface area contributed by atoms with Gasteiger partial charge in [-0.15, -0.1) is 0 Å². The summed E-state index contributed by atoms with van der Waals surface area (Å²) in [5, 5.41) is 8.85. The zero-order valence-electron chi connectivity index (χ0n) is 10.6. The third kappa shape index (κ3) is 3.87. The molecule has 1 rings (SSSR count). The Morgan fingerprint density at radius 1 is 1.37 bits per heavy atom. The van der Waals surface area contributed by atoms with Gasteiger partial charge < -0.3 is 5.11 Å². The van der Waals surface area contributed by atoms with Crippen LogP contribution >= 0.6 is 0 Å². The minimum atomic E-state index is -3.96. The standard InChI is InChI=1S/C12H15NO5S/c1-3-11(12(15)16)13-19(17,18)10-6-4-5-9(7-10)8(2)14/h4-7,11,13H,3H2,1-2H3,(H,15,16)/t11-/m1/s1. The second-order valence-electron chi connectivity index (χ2n) is 4.00. The quantitative estimate of drug-likeness (QED) is 0.760. The lowest BCUT2D eigenvalue weighted by Gasteiger charge is -2.13. The molecule has 0 aliphatic rings. The van der Waals surface area contributed by atoms with Crippen molar-refractivity contribution >= 4 is 21.8 Å². The van der Waals surface area contributed by atoms with Crippen molar-refractivity contribution in [2.24, 2.45) is 0 Å². The van der Waals surface area contributed by atoms with Crippen molar-refractivity contribution in [3.8, 4) is 0 Å². The molecule has 0 fully saturated rings. The van der Waals surface area contributed by atoms with Crippen molar-refractivity contribution in [2.45, 2.75) is 31.2 Å². The van der Waals surface area contributed by atoms with Gasteiger partial charge in [0.05, 0.1) is 4.90 Å². The minimum absolute atomic E-state index is 0.125. The first-order valence-corrected chi connectivity index (χ1v) is 7.12. The molecule has 0 unspecified atom stereocenters. The number of carboxylic acids is 1. The fourth-order valence-corrected chi connectivity index (χ4v) is 2.76. The summed E-state index contributed by atoms with van der Waals surface area (Å²) in [6, 6.07) is 4.27. The molecular weight excluding hydrogens is 270 g/mol. The highest BCUT2D eigenvalue weighted by Crippen LogP contribution is 2.13. The maximum Gasteiger partial charge on any atom is 0.321 e. The Morgan fingerprint density at radius 2 is 2.00 bits per heavy atom. The van der Waals surface area contributed by atoms with E-state index < -0.39 is 22.0 Å². The van der Waals surface area contributed by atoms with Crippen LogP contribution in [-0.2, 0) is 14.8 Å². The highest BCUT2D eigenvalue weighted by atomic mass is 32.2. The fraction of sp³-hybridized carbons (Fsp3) is 0.333. The van der Waals surface area contributed by atoms with Gasteiger partial charge in [0.2, 0.25) is 10.0 Å². The molecule has 1 aromatic rings. The average Bonchev–Trinajstić information content (AvgIpc) is 2.35. The number of benzene rings is 1. The molecule has 0 spiro atoms. The van der Waals surface area contributed by atoms with Gasteiger partial charge in [-0.3, -0.25) is 9.59 Å². The number of sulfonamides is 1. The molecule has 0 radical (unpaired) electrons. The zero-order valence-corrected chi connectivity index (χ0v) is 11.4. The normalized spacial score (nSPS) is 12.9. The lowest BCUT2D eigenvalue weighted by molar-refractivity contribution is -0.139. The number of hydrogen-bond donors (Lipinski definition) is 2. The van der Waals surface area contributed by atoms with Gasteiger partial charge in [0.15, 0.2) is 5.78 Å². The largest absolute Gasteiger partial charge is 0.480 e. The minimum Gasteiger partial charge on any atom is -0.480 e. The van der Waals surface area contributed by atoms with E-state index in [0.29, 0.717) is 0 Å². The number of ketones is 1. The molecule has 0 saturated heterocycles. The van der Waals surface area contributed by atoms with Crippen LogP contribution < -0.4 is 4.72 Å². The van der Waals surface area contributed by atoms with E-state index in [1.165, 1.54) is 31.2 Å². The van der Waals surface area contributed by atoms with E-state index in [9.17, 15) is 18.0 Å². The van der Waals surface area contributed by atoms with Crippen LogP contribution in [0.25, 0.3) is 0 Å². The van der Waals surface area contributed by atoms with E-state index in [-0.39, 0.29) is 22.7 Å². The maximum absolute atomic E-state index is 12.0. The Morgan fingerprint density at radius 3 is 2.47 bits per heavy atom. The predicted molar refractivity (Wildman–Crippen MR) is 68.5 cm³/mol. The molecular formula is C12H15NO5S. The maximum atomic E-state index is 12.0. The lowest BCUT2D eigenvalue weighted by atomic mass is 10.2. The predicted octanol–water partition coefficient (Wildman–Crippen LogP) is 1.03. The smallest absolute Gasteiger partial charge is 0.321 e. The third-order valence-corrected chi connectivity index (χ3v) is 4.02. The average molecular weight is 285 g/mol. The van der Waals surface area contributed by atoms with Gasteiger partial charge >= 0.3 is 5.97 Å². The van der Waals surface area contributed by atoms with Gasteiger partial charge in [0.1, 0.15) is 6.04 Å². The van der Waals surface area contributed by atoms with Crippen LogP contribution in [0.15, 0.2) is 29.2 Å². The molecule has 19 heavy (non-hydrogen) atoms. The summed E-state index contributed by atoms with van der Waals surface area (Å²) in [4.78, 5) is 21.9. The highest BCUT2D eigenvalue weighted by Gasteiger charge is 2.24. The molecule has 0 saturated carbocycles. The van der Waals surface area contributed by atoms with Gasteiger partial charge in [0.25, 0.3) is 0 Å². The van der Waals surface area contributed by atoms with Crippen molar-refractivity contribution < 1.29 is 23.1 Å². The third-order valence-electron chi connectivity index (χ3n) is 2.55. The molecule has 7 heteroatoms. The first kappa shape index (κ1) is 15.3. The molecule has 0 amide bonds. The SMILES string of the molecule is CC[C@@H](NS(=O)(=O)c1cccc(C(C)=O)c1)C(=O)O. The van der Waals surface area contributed by atoms with E-state index in [2.05, 4.69) is 4.72 Å². The Labute approximate surface area is 111 Å². The number of carbonyl (C=O) groups is 2. The number of aliphatic carboxylic acids is 1. The second-order valence-corrected chi connectivity index (χ2v) is 5.72. The fourth-order valence-electron chi connectivity index (χ4n) is 1.45. The molecule has 0 aliphatic heterocycles. The summed E-state index contributed by atoms with van der Waals surface area (Å²) in [6.45, 7) is 2.89. The molecule has 0 heterocycles. The molecule has 1 atom stereocenters. The van der Waals surface area contributed by atoms with Crippen LogP contribution in [0.5, 0.6) is 0 Å². The van der Waals surface area contributed by atoms with Gasteiger partial charge in [0, 0.05) is 5.56 Å². The number of carboxylic acid groups (broad SMARTS) is 1. The topological polar surface area (TPSA) is 101 Å². The van der Waals surface area contributed by atoms with E-state index in [4.69, 9.17) is 5.11 Å². The summed E-state index contributed by atoms with van der Waals surface area (Å²) in [5.41, 5.74) is 0.256. The monoisotopic (exact) mass is 285 g/mol. The number of Topliss-reactive ketones (excluding diaryl/α,β-unsaturated/α-hetero) is 1. The van der Waals surface area contributed by atoms with Crippen molar-refractivity contribution in [2.75, 3.05) is 0 Å². The van der Waals surface area contributed by atoms with Gasteiger partial charge in [-0.1, -0.05) is 19.1 Å². The van der Waals surface area contributed by atoms with Crippen molar-refractivity contribution in [3.05, 3.63) is 29.8 Å². The zero-order chi connectivity index (χ0) is 14.6. The Kier molecular flexibility index (Phi) is 4.79. The second kappa shape index (κ2) is 5.94. The lowest BCUT2D eigenvalue weighted by Crippen LogP contribution is -2.40. The summed E-state index contributed by atoms with van der Waals surface area (Å²) in [7, 11) is -3.96.